The lowest BCUT2D eigenvalue weighted by molar-refractivity contribution is -0.118. The summed E-state index contributed by atoms with van der Waals surface area (Å²) < 4.78 is 0. The third-order valence-electron chi connectivity index (χ3n) is 5.76. The minimum absolute atomic E-state index is 0.0161. The molecule has 34 heavy (non-hydrogen) atoms. The highest BCUT2D eigenvalue weighted by molar-refractivity contribution is 7.13. The van der Waals surface area contributed by atoms with Gasteiger partial charge in [0, 0.05) is 42.2 Å². The van der Waals surface area contributed by atoms with Crippen LogP contribution >= 0.6 is 11.3 Å². The molecule has 0 aliphatic rings. The third-order valence-corrected chi connectivity index (χ3v) is 6.68. The Labute approximate surface area is 202 Å². The highest BCUT2D eigenvalue weighted by Gasteiger charge is 2.18. The van der Waals surface area contributed by atoms with Gasteiger partial charge in [-0.25, -0.2) is 9.97 Å². The number of aryl methyl sites for hydroxylation is 1. The fourth-order valence-corrected chi connectivity index (χ4v) is 4.61. The fourth-order valence-electron chi connectivity index (χ4n) is 3.91. The smallest absolute Gasteiger partial charge is 0.263 e. The molecule has 4 aromatic rings. The van der Waals surface area contributed by atoms with Crippen LogP contribution in [0.5, 0.6) is 0 Å². The van der Waals surface area contributed by atoms with Gasteiger partial charge in [-0.15, -0.1) is 11.3 Å². The summed E-state index contributed by atoms with van der Waals surface area (Å²) >= 11 is 1.38. The molecule has 1 atom stereocenters. The van der Waals surface area contributed by atoms with Gasteiger partial charge in [-0.1, -0.05) is 25.0 Å². The van der Waals surface area contributed by atoms with E-state index >= 15 is 0 Å². The Hall–Kier alpha value is -3.59. The molecule has 4 N–H and O–H groups in total. The Balaban J connectivity index is 1.47. The standard InChI is InChI=1S/C25H28N6O2S/c1-16-28-15-22(34-16)25(33)30-13-19(5-3-2-4-6-23(26)32)24-29-14-21(31-24)18-8-7-17-9-10-27-12-20(17)11-18/h7-12,14-15,19H,2-6,13H2,1H3,(H2,26,32)(H,29,31)(H,30,33). The Morgan fingerprint density at radius 1 is 1.09 bits per heavy atom. The number of nitrogens with zero attached hydrogens (tertiary/aromatic N) is 3. The highest BCUT2D eigenvalue weighted by Crippen LogP contribution is 2.26. The first-order valence-corrected chi connectivity index (χ1v) is 12.2. The summed E-state index contributed by atoms with van der Waals surface area (Å²) in [6.07, 6.45) is 10.9. The van der Waals surface area contributed by atoms with Crippen LogP contribution in [0.25, 0.3) is 22.0 Å². The van der Waals surface area contributed by atoms with Crippen molar-refractivity contribution in [3.63, 3.8) is 0 Å². The first kappa shape index (κ1) is 23.6. The fraction of sp³-hybridized carbons (Fsp3) is 0.320. The van der Waals surface area contributed by atoms with Crippen LogP contribution in [0.2, 0.25) is 0 Å². The minimum Gasteiger partial charge on any atom is -0.370 e. The van der Waals surface area contributed by atoms with Crippen LogP contribution in [-0.4, -0.2) is 38.3 Å². The van der Waals surface area contributed by atoms with E-state index in [0.717, 1.165) is 58.5 Å². The van der Waals surface area contributed by atoms with Crippen LogP contribution in [0, 0.1) is 6.92 Å². The Morgan fingerprint density at radius 2 is 1.97 bits per heavy atom. The number of hydrogen-bond donors (Lipinski definition) is 3. The number of aromatic amines is 1. The molecule has 4 rings (SSSR count). The highest BCUT2D eigenvalue weighted by atomic mass is 32.1. The van der Waals surface area contributed by atoms with E-state index in [1.807, 2.05) is 25.4 Å². The molecule has 2 amide bonds. The van der Waals surface area contributed by atoms with Gasteiger partial charge < -0.3 is 16.0 Å². The number of aromatic nitrogens is 4. The van der Waals surface area contributed by atoms with Gasteiger partial charge >= 0.3 is 0 Å². The van der Waals surface area contributed by atoms with Gasteiger partial charge in [-0.2, -0.15) is 0 Å². The summed E-state index contributed by atoms with van der Waals surface area (Å²) in [7, 11) is 0. The number of carbonyl (C=O) groups is 2. The van der Waals surface area contributed by atoms with Crippen molar-refractivity contribution in [2.45, 2.75) is 44.9 Å². The van der Waals surface area contributed by atoms with Crippen molar-refractivity contribution >= 4 is 33.9 Å². The van der Waals surface area contributed by atoms with Crippen LogP contribution in [-0.2, 0) is 4.79 Å². The zero-order valence-electron chi connectivity index (χ0n) is 19.1. The number of primary amides is 1. The lowest BCUT2D eigenvalue weighted by Crippen LogP contribution is -2.28. The van der Waals surface area contributed by atoms with E-state index < -0.39 is 0 Å². The topological polar surface area (TPSA) is 127 Å². The molecule has 0 saturated heterocycles. The number of pyridine rings is 1. The number of thiazole rings is 1. The van der Waals surface area contributed by atoms with Crippen molar-refractivity contribution in [3.8, 4) is 11.3 Å². The second kappa shape index (κ2) is 11.0. The Morgan fingerprint density at radius 3 is 2.76 bits per heavy atom. The number of H-pyrrole nitrogens is 1. The van der Waals surface area contributed by atoms with Gasteiger partial charge in [0.15, 0.2) is 0 Å². The van der Waals surface area contributed by atoms with Gasteiger partial charge in [0.05, 0.1) is 23.1 Å². The van der Waals surface area contributed by atoms with E-state index in [4.69, 9.17) is 5.73 Å². The van der Waals surface area contributed by atoms with E-state index in [9.17, 15) is 9.59 Å². The lowest BCUT2D eigenvalue weighted by atomic mass is 9.99. The van der Waals surface area contributed by atoms with E-state index in [-0.39, 0.29) is 17.7 Å². The molecule has 3 aromatic heterocycles. The van der Waals surface area contributed by atoms with Crippen molar-refractivity contribution < 1.29 is 9.59 Å². The molecule has 0 fully saturated rings. The number of hydrogen-bond acceptors (Lipinski definition) is 6. The molecule has 1 unspecified atom stereocenters. The molecule has 176 valence electrons. The lowest BCUT2D eigenvalue weighted by Gasteiger charge is -2.15. The number of rotatable bonds is 11. The molecule has 0 aliphatic heterocycles. The molecular formula is C25H28N6O2S. The maximum Gasteiger partial charge on any atom is 0.263 e. The predicted molar refractivity (Wildman–Crippen MR) is 134 cm³/mol. The molecule has 9 heteroatoms. The van der Waals surface area contributed by atoms with Crippen LogP contribution < -0.4 is 11.1 Å². The molecule has 0 radical (unpaired) electrons. The van der Waals surface area contributed by atoms with Crippen LogP contribution in [0.1, 0.15) is 58.5 Å². The number of benzene rings is 1. The third kappa shape index (κ3) is 6.05. The number of imidazole rings is 1. The SMILES string of the molecule is Cc1ncc(C(=O)NCC(CCCCCC(N)=O)c2ncc(-c3ccc4ccncc4c3)[nH]2)s1. The summed E-state index contributed by atoms with van der Waals surface area (Å²) in [5.41, 5.74) is 7.20. The van der Waals surface area contributed by atoms with Crippen molar-refractivity contribution in [2.75, 3.05) is 6.54 Å². The van der Waals surface area contributed by atoms with Gasteiger partial charge in [0.25, 0.3) is 5.91 Å². The number of nitrogens with two attached hydrogens (primary N) is 1. The van der Waals surface area contributed by atoms with E-state index in [2.05, 4.69) is 43.5 Å². The van der Waals surface area contributed by atoms with E-state index in [1.54, 1.807) is 12.4 Å². The van der Waals surface area contributed by atoms with Crippen molar-refractivity contribution in [3.05, 3.63) is 64.8 Å². The second-order valence-corrected chi connectivity index (χ2v) is 9.57. The molecule has 0 bridgehead atoms. The maximum absolute atomic E-state index is 12.6. The normalized spacial score (nSPS) is 12.0. The Kier molecular flexibility index (Phi) is 7.64. The summed E-state index contributed by atoms with van der Waals surface area (Å²) in [6.45, 7) is 2.34. The average molecular weight is 477 g/mol. The molecular weight excluding hydrogens is 448 g/mol. The van der Waals surface area contributed by atoms with Gasteiger partial charge in [-0.05, 0) is 37.3 Å². The number of fused-ring (bicyclic) bond motifs is 1. The van der Waals surface area contributed by atoms with E-state index in [0.29, 0.717) is 17.8 Å². The predicted octanol–water partition coefficient (Wildman–Crippen LogP) is 4.34. The number of nitrogens with one attached hydrogen (secondary N) is 2. The van der Waals surface area contributed by atoms with Gasteiger partial charge in [-0.3, -0.25) is 14.6 Å². The molecule has 0 spiro atoms. The largest absolute Gasteiger partial charge is 0.370 e. The van der Waals surface area contributed by atoms with Crippen LogP contribution in [0.15, 0.2) is 49.1 Å². The number of amides is 2. The molecule has 3 heterocycles. The number of carbonyl (C=O) groups excluding carboxylic acids is 2. The molecule has 1 aromatic carbocycles. The quantitative estimate of drug-likeness (QED) is 0.278. The zero-order valence-corrected chi connectivity index (χ0v) is 19.9. The summed E-state index contributed by atoms with van der Waals surface area (Å²) in [5, 5.41) is 6.09. The van der Waals surface area contributed by atoms with Gasteiger partial charge in [0.2, 0.25) is 5.91 Å². The van der Waals surface area contributed by atoms with Gasteiger partial charge in [0.1, 0.15) is 10.7 Å². The van der Waals surface area contributed by atoms with Crippen molar-refractivity contribution in [1.29, 1.82) is 0 Å². The van der Waals surface area contributed by atoms with Crippen LogP contribution in [0.4, 0.5) is 0 Å². The monoisotopic (exact) mass is 476 g/mol. The molecule has 0 aliphatic carbocycles. The summed E-state index contributed by atoms with van der Waals surface area (Å²) in [4.78, 5) is 40.6. The maximum atomic E-state index is 12.6. The minimum atomic E-state index is -0.273. The van der Waals surface area contributed by atoms with Crippen LogP contribution in [0.3, 0.4) is 0 Å². The van der Waals surface area contributed by atoms with Crippen molar-refractivity contribution in [1.82, 2.24) is 25.3 Å². The average Bonchev–Trinajstić information content (AvgIpc) is 3.50. The Bertz CT molecular complexity index is 1280. The first-order valence-electron chi connectivity index (χ1n) is 11.4. The summed E-state index contributed by atoms with van der Waals surface area (Å²) in [6, 6.07) is 8.21. The number of unbranched alkanes of at least 4 members (excludes halogenated alkanes) is 2. The van der Waals surface area contributed by atoms with Crippen molar-refractivity contribution in [2.24, 2.45) is 5.73 Å². The molecule has 8 nitrogen and oxygen atoms in total. The molecule has 0 saturated carbocycles. The summed E-state index contributed by atoms with van der Waals surface area (Å²) in [5.74, 6) is 0.447. The second-order valence-electron chi connectivity index (χ2n) is 8.34. The zero-order chi connectivity index (χ0) is 23.9. The van der Waals surface area contributed by atoms with E-state index in [1.165, 1.54) is 11.3 Å². The first-order chi connectivity index (χ1) is 16.5.